The van der Waals surface area contributed by atoms with E-state index in [1.807, 2.05) is 30.3 Å². The van der Waals surface area contributed by atoms with Crippen LogP contribution in [-0.2, 0) is 4.74 Å². The van der Waals surface area contributed by atoms with Crippen molar-refractivity contribution in [3.05, 3.63) is 64.3 Å². The Labute approximate surface area is 149 Å². The first-order valence-electron chi connectivity index (χ1n) is 7.37. The quantitative estimate of drug-likeness (QED) is 0.627. The highest BCUT2D eigenvalue weighted by molar-refractivity contribution is 6.38. The van der Waals surface area contributed by atoms with Crippen LogP contribution in [0.2, 0.25) is 10.0 Å². The predicted molar refractivity (Wildman–Crippen MR) is 97.4 cm³/mol. The molecule has 0 aliphatic carbocycles. The number of nitrogens with zero attached hydrogens (tertiary/aromatic N) is 1. The largest absolute Gasteiger partial charge is 0.462 e. The van der Waals surface area contributed by atoms with Gasteiger partial charge in [-0.05, 0) is 31.2 Å². The second-order valence-electron chi connectivity index (χ2n) is 5.04. The summed E-state index contributed by atoms with van der Waals surface area (Å²) in [5.41, 5.74) is 2.28. The fraction of sp³-hybridized carbons (Fsp3) is 0.111. The van der Waals surface area contributed by atoms with Crippen LogP contribution in [0.25, 0.3) is 10.9 Å². The average Bonchev–Trinajstić information content (AvgIpc) is 2.56. The molecule has 0 bridgehead atoms. The summed E-state index contributed by atoms with van der Waals surface area (Å²) < 4.78 is 5.13. The minimum absolute atomic E-state index is 0.276. The smallest absolute Gasteiger partial charge is 0.341 e. The molecule has 0 saturated carbocycles. The molecule has 122 valence electrons. The monoisotopic (exact) mass is 360 g/mol. The van der Waals surface area contributed by atoms with E-state index in [0.717, 1.165) is 5.69 Å². The summed E-state index contributed by atoms with van der Waals surface area (Å²) in [5, 5.41) is 4.79. The Morgan fingerprint density at radius 2 is 1.96 bits per heavy atom. The number of para-hydroxylation sites is 1. The molecule has 1 N–H and O–H groups in total. The maximum absolute atomic E-state index is 12.3. The minimum atomic E-state index is -0.457. The number of aromatic nitrogens is 1. The van der Waals surface area contributed by atoms with Crippen LogP contribution in [0.3, 0.4) is 0 Å². The lowest BCUT2D eigenvalue weighted by Crippen LogP contribution is -2.09. The zero-order valence-electron chi connectivity index (χ0n) is 12.8. The van der Waals surface area contributed by atoms with E-state index in [2.05, 4.69) is 10.3 Å². The summed E-state index contributed by atoms with van der Waals surface area (Å²) in [7, 11) is 0. The SMILES string of the molecule is CCOC(=O)c1cnc2c(Cl)cc(Cl)cc2c1Nc1ccccc1. The first-order valence-corrected chi connectivity index (χ1v) is 8.12. The molecule has 6 heteroatoms. The number of pyridine rings is 1. The molecule has 4 nitrogen and oxygen atoms in total. The molecule has 0 unspecified atom stereocenters. The third-order valence-electron chi connectivity index (χ3n) is 3.43. The van der Waals surface area contributed by atoms with E-state index in [9.17, 15) is 4.79 Å². The van der Waals surface area contributed by atoms with E-state index < -0.39 is 5.97 Å². The topological polar surface area (TPSA) is 51.2 Å². The number of carbonyl (C=O) groups excluding carboxylic acids is 1. The summed E-state index contributed by atoms with van der Waals surface area (Å²) in [6.45, 7) is 2.03. The van der Waals surface area contributed by atoms with Crippen molar-refractivity contribution in [3.63, 3.8) is 0 Å². The highest BCUT2D eigenvalue weighted by Crippen LogP contribution is 2.35. The molecular formula is C18H14Cl2N2O2. The highest BCUT2D eigenvalue weighted by Gasteiger charge is 2.18. The highest BCUT2D eigenvalue weighted by atomic mass is 35.5. The lowest BCUT2D eigenvalue weighted by atomic mass is 10.1. The number of nitrogens with one attached hydrogen (secondary N) is 1. The van der Waals surface area contributed by atoms with Gasteiger partial charge in [0.25, 0.3) is 0 Å². The number of rotatable bonds is 4. The molecule has 0 saturated heterocycles. The molecule has 2 aromatic carbocycles. The Kier molecular flexibility index (Phi) is 4.88. The molecule has 0 amide bonds. The van der Waals surface area contributed by atoms with Crippen LogP contribution in [0.1, 0.15) is 17.3 Å². The number of carbonyl (C=O) groups is 1. The first kappa shape index (κ1) is 16.6. The summed E-state index contributed by atoms with van der Waals surface area (Å²) in [6.07, 6.45) is 1.46. The Morgan fingerprint density at radius 1 is 1.21 bits per heavy atom. The van der Waals surface area contributed by atoms with E-state index in [4.69, 9.17) is 27.9 Å². The lowest BCUT2D eigenvalue weighted by Gasteiger charge is -2.15. The van der Waals surface area contributed by atoms with E-state index in [1.54, 1.807) is 19.1 Å². The van der Waals surface area contributed by atoms with Gasteiger partial charge in [0.1, 0.15) is 5.56 Å². The van der Waals surface area contributed by atoms with E-state index in [0.29, 0.717) is 32.2 Å². The molecule has 0 atom stereocenters. The van der Waals surface area contributed by atoms with Crippen molar-refractivity contribution in [2.75, 3.05) is 11.9 Å². The average molecular weight is 361 g/mol. The maximum atomic E-state index is 12.3. The van der Waals surface area contributed by atoms with Gasteiger partial charge in [-0.15, -0.1) is 0 Å². The number of anilines is 2. The van der Waals surface area contributed by atoms with Crippen LogP contribution < -0.4 is 5.32 Å². The zero-order valence-corrected chi connectivity index (χ0v) is 14.4. The predicted octanol–water partition coefficient (Wildman–Crippen LogP) is 5.46. The second-order valence-corrected chi connectivity index (χ2v) is 5.89. The standard InChI is InChI=1S/C18H14Cl2N2O2/c1-2-24-18(23)14-10-21-17-13(8-11(19)9-15(17)20)16(14)22-12-6-4-3-5-7-12/h3-10H,2H2,1H3,(H,21,22). The van der Waals surface area contributed by atoms with Gasteiger partial charge in [-0.25, -0.2) is 4.79 Å². The van der Waals surface area contributed by atoms with Crippen LogP contribution in [0.5, 0.6) is 0 Å². The third kappa shape index (κ3) is 3.30. The number of hydrogen-bond donors (Lipinski definition) is 1. The Bertz CT molecular complexity index is 898. The van der Waals surface area contributed by atoms with Crippen molar-refractivity contribution in [1.29, 1.82) is 0 Å². The lowest BCUT2D eigenvalue weighted by molar-refractivity contribution is 0.0527. The summed E-state index contributed by atoms with van der Waals surface area (Å²) in [4.78, 5) is 16.6. The third-order valence-corrected chi connectivity index (χ3v) is 3.93. The summed E-state index contributed by atoms with van der Waals surface area (Å²) >= 11 is 12.4. The van der Waals surface area contributed by atoms with Crippen molar-refractivity contribution in [1.82, 2.24) is 4.98 Å². The molecular weight excluding hydrogens is 347 g/mol. The second kappa shape index (κ2) is 7.07. The maximum Gasteiger partial charge on any atom is 0.341 e. The normalized spacial score (nSPS) is 10.6. The molecule has 0 radical (unpaired) electrons. The van der Waals surface area contributed by atoms with Crippen molar-refractivity contribution in [2.45, 2.75) is 6.92 Å². The van der Waals surface area contributed by atoms with Gasteiger partial charge in [0.05, 0.1) is 22.8 Å². The van der Waals surface area contributed by atoms with Gasteiger partial charge in [0.2, 0.25) is 0 Å². The number of halogens is 2. The molecule has 0 fully saturated rings. The Balaban J connectivity index is 2.23. The van der Waals surface area contributed by atoms with E-state index in [1.165, 1.54) is 6.20 Å². The Hall–Kier alpha value is -2.30. The van der Waals surface area contributed by atoms with Crippen LogP contribution >= 0.6 is 23.2 Å². The van der Waals surface area contributed by atoms with E-state index in [-0.39, 0.29) is 6.61 Å². The van der Waals surface area contributed by atoms with Crippen molar-refractivity contribution < 1.29 is 9.53 Å². The Morgan fingerprint density at radius 3 is 2.67 bits per heavy atom. The van der Waals surface area contributed by atoms with Gasteiger partial charge >= 0.3 is 5.97 Å². The van der Waals surface area contributed by atoms with Gasteiger partial charge in [-0.1, -0.05) is 41.4 Å². The van der Waals surface area contributed by atoms with Crippen molar-refractivity contribution >= 4 is 51.4 Å². The molecule has 24 heavy (non-hydrogen) atoms. The van der Waals surface area contributed by atoms with Crippen molar-refractivity contribution in [3.8, 4) is 0 Å². The number of ether oxygens (including phenoxy) is 1. The fourth-order valence-electron chi connectivity index (χ4n) is 2.39. The number of benzene rings is 2. The number of hydrogen-bond acceptors (Lipinski definition) is 4. The van der Waals surface area contributed by atoms with Gasteiger partial charge in [0, 0.05) is 22.3 Å². The number of fused-ring (bicyclic) bond motifs is 1. The van der Waals surface area contributed by atoms with Gasteiger partial charge in [-0.3, -0.25) is 4.98 Å². The molecule has 0 aliphatic rings. The van der Waals surface area contributed by atoms with Crippen LogP contribution in [-0.4, -0.2) is 17.6 Å². The molecule has 3 rings (SSSR count). The zero-order chi connectivity index (χ0) is 17.1. The van der Waals surface area contributed by atoms with Crippen LogP contribution in [0, 0.1) is 0 Å². The molecule has 0 spiro atoms. The molecule has 1 heterocycles. The summed E-state index contributed by atoms with van der Waals surface area (Å²) in [5.74, 6) is -0.457. The van der Waals surface area contributed by atoms with Gasteiger partial charge < -0.3 is 10.1 Å². The van der Waals surface area contributed by atoms with E-state index >= 15 is 0 Å². The number of esters is 1. The molecule has 1 aromatic heterocycles. The van der Waals surface area contributed by atoms with Crippen LogP contribution in [0.4, 0.5) is 11.4 Å². The first-order chi connectivity index (χ1) is 11.6. The van der Waals surface area contributed by atoms with Gasteiger partial charge in [0.15, 0.2) is 0 Å². The van der Waals surface area contributed by atoms with Crippen molar-refractivity contribution in [2.24, 2.45) is 0 Å². The van der Waals surface area contributed by atoms with Gasteiger partial charge in [-0.2, -0.15) is 0 Å². The molecule has 3 aromatic rings. The van der Waals surface area contributed by atoms with Crippen LogP contribution in [0.15, 0.2) is 48.7 Å². The summed E-state index contributed by atoms with van der Waals surface area (Å²) in [6, 6.07) is 12.8. The molecule has 0 aliphatic heterocycles. The fourth-order valence-corrected chi connectivity index (χ4v) is 2.93. The minimum Gasteiger partial charge on any atom is -0.462 e.